The van der Waals surface area contributed by atoms with Crippen molar-refractivity contribution in [2.45, 2.75) is 59.3 Å². The van der Waals surface area contributed by atoms with Gasteiger partial charge in [-0.25, -0.2) is 0 Å². The maximum Gasteiger partial charge on any atom is -0.00462 e. The van der Waals surface area contributed by atoms with Crippen LogP contribution >= 0.6 is 0 Å². The summed E-state index contributed by atoms with van der Waals surface area (Å²) in [7, 11) is 0. The van der Waals surface area contributed by atoms with Crippen molar-refractivity contribution >= 4 is 0 Å². The van der Waals surface area contributed by atoms with Crippen molar-refractivity contribution in [3.8, 4) is 0 Å². The van der Waals surface area contributed by atoms with E-state index in [0.29, 0.717) is 0 Å². The number of piperidine rings is 1. The minimum Gasteiger partial charge on any atom is -0.317 e. The van der Waals surface area contributed by atoms with Crippen LogP contribution in [0.15, 0.2) is 0 Å². The molecule has 1 fully saturated rings. The zero-order chi connectivity index (χ0) is 11.1. The normalized spacial score (nSPS) is 20.8. The number of hydrogen-bond acceptors (Lipinski definition) is 1. The molecule has 0 aromatic heterocycles. The minimum absolute atomic E-state index is 0.881. The molecule has 1 rings (SSSR count). The number of hydrogen-bond donors (Lipinski definition) is 1. The van der Waals surface area contributed by atoms with Gasteiger partial charge in [-0.15, -0.1) is 0 Å². The third-order valence-corrected chi connectivity index (χ3v) is 3.82. The Kier molecular flexibility index (Phi) is 6.31. The summed E-state index contributed by atoms with van der Waals surface area (Å²) in [6.07, 6.45) is 8.56. The van der Waals surface area contributed by atoms with Gasteiger partial charge in [0.05, 0.1) is 0 Å². The summed E-state index contributed by atoms with van der Waals surface area (Å²) in [4.78, 5) is 0. The van der Waals surface area contributed by atoms with Crippen molar-refractivity contribution in [2.24, 2.45) is 17.8 Å². The molecule has 90 valence electrons. The highest BCUT2D eigenvalue weighted by Crippen LogP contribution is 2.30. The molecule has 0 aromatic carbocycles. The fourth-order valence-electron chi connectivity index (χ4n) is 2.85. The molecular weight excluding hydrogens is 182 g/mol. The molecule has 1 atom stereocenters. The van der Waals surface area contributed by atoms with Gasteiger partial charge in [-0.1, -0.05) is 40.0 Å². The first kappa shape index (κ1) is 13.0. The van der Waals surface area contributed by atoms with Gasteiger partial charge in [0.2, 0.25) is 0 Å². The zero-order valence-electron chi connectivity index (χ0n) is 10.9. The molecule has 0 saturated carbocycles. The van der Waals surface area contributed by atoms with Crippen molar-refractivity contribution in [2.75, 3.05) is 13.1 Å². The Balaban J connectivity index is 2.33. The zero-order valence-corrected chi connectivity index (χ0v) is 10.9. The van der Waals surface area contributed by atoms with Crippen LogP contribution in [0, 0.1) is 17.8 Å². The van der Waals surface area contributed by atoms with Crippen LogP contribution in [0.25, 0.3) is 0 Å². The van der Waals surface area contributed by atoms with Crippen molar-refractivity contribution in [1.82, 2.24) is 5.32 Å². The maximum atomic E-state index is 3.48. The Bertz CT molecular complexity index is 147. The molecule has 1 heteroatoms. The summed E-state index contributed by atoms with van der Waals surface area (Å²) in [5.74, 6) is 2.91. The van der Waals surface area contributed by atoms with Gasteiger partial charge in [0.1, 0.15) is 0 Å². The summed E-state index contributed by atoms with van der Waals surface area (Å²) in [5.41, 5.74) is 0. The van der Waals surface area contributed by atoms with E-state index in [1.807, 2.05) is 0 Å². The third kappa shape index (κ3) is 5.01. The van der Waals surface area contributed by atoms with Gasteiger partial charge in [0.25, 0.3) is 0 Å². The van der Waals surface area contributed by atoms with E-state index < -0.39 is 0 Å². The molecule has 1 saturated heterocycles. The molecule has 0 aromatic rings. The first-order valence-corrected chi connectivity index (χ1v) is 6.94. The van der Waals surface area contributed by atoms with Crippen LogP contribution in [0.2, 0.25) is 0 Å². The van der Waals surface area contributed by atoms with Crippen molar-refractivity contribution in [1.29, 1.82) is 0 Å². The lowest BCUT2D eigenvalue weighted by molar-refractivity contribution is 0.222. The van der Waals surface area contributed by atoms with E-state index in [4.69, 9.17) is 0 Å². The smallest absolute Gasteiger partial charge is 0.00462 e. The van der Waals surface area contributed by atoms with Gasteiger partial charge in [-0.2, -0.15) is 0 Å². The topological polar surface area (TPSA) is 12.0 Å². The standard InChI is InChI=1S/C14H29N/c1-4-5-13(7-6-12(2)3)14-8-10-15-11-9-14/h12-15H,4-11H2,1-3H3. The Labute approximate surface area is 96.0 Å². The Hall–Kier alpha value is -0.0400. The Morgan fingerprint density at radius 2 is 1.73 bits per heavy atom. The second kappa shape index (κ2) is 7.27. The average molecular weight is 211 g/mol. The fraction of sp³-hybridized carbons (Fsp3) is 1.00. The van der Waals surface area contributed by atoms with E-state index in [9.17, 15) is 0 Å². The van der Waals surface area contributed by atoms with Gasteiger partial charge >= 0.3 is 0 Å². The molecule has 0 radical (unpaired) electrons. The van der Waals surface area contributed by atoms with Crippen molar-refractivity contribution < 1.29 is 0 Å². The second-order valence-electron chi connectivity index (χ2n) is 5.61. The molecule has 1 N–H and O–H groups in total. The van der Waals surface area contributed by atoms with Crippen LogP contribution < -0.4 is 5.32 Å². The van der Waals surface area contributed by atoms with Gasteiger partial charge in [-0.3, -0.25) is 0 Å². The van der Waals surface area contributed by atoms with Crippen LogP contribution in [-0.2, 0) is 0 Å². The van der Waals surface area contributed by atoms with E-state index in [1.165, 1.54) is 51.6 Å². The lowest BCUT2D eigenvalue weighted by atomic mass is 9.79. The summed E-state index contributed by atoms with van der Waals surface area (Å²) in [5, 5.41) is 3.48. The molecule has 0 bridgehead atoms. The first-order valence-electron chi connectivity index (χ1n) is 6.94. The van der Waals surface area contributed by atoms with Crippen molar-refractivity contribution in [3.63, 3.8) is 0 Å². The van der Waals surface area contributed by atoms with Gasteiger partial charge < -0.3 is 5.32 Å². The summed E-state index contributed by atoms with van der Waals surface area (Å²) in [6.45, 7) is 9.55. The Morgan fingerprint density at radius 3 is 2.27 bits per heavy atom. The highest BCUT2D eigenvalue weighted by Gasteiger charge is 2.22. The quantitative estimate of drug-likeness (QED) is 0.704. The molecular formula is C14H29N. The molecule has 1 heterocycles. The van der Waals surface area contributed by atoms with Crippen LogP contribution in [-0.4, -0.2) is 13.1 Å². The number of rotatable bonds is 6. The van der Waals surface area contributed by atoms with E-state index in [1.54, 1.807) is 0 Å². The molecule has 0 spiro atoms. The largest absolute Gasteiger partial charge is 0.317 e. The predicted molar refractivity (Wildman–Crippen MR) is 68.1 cm³/mol. The van der Waals surface area contributed by atoms with Gasteiger partial charge in [-0.05, 0) is 50.1 Å². The molecule has 0 amide bonds. The molecule has 15 heavy (non-hydrogen) atoms. The lowest BCUT2D eigenvalue weighted by Crippen LogP contribution is -2.31. The monoisotopic (exact) mass is 211 g/mol. The molecule has 1 unspecified atom stereocenters. The minimum atomic E-state index is 0.881. The van der Waals surface area contributed by atoms with Crippen LogP contribution in [0.3, 0.4) is 0 Å². The lowest BCUT2D eigenvalue weighted by Gasteiger charge is -2.31. The molecule has 1 aliphatic rings. The first-order chi connectivity index (χ1) is 7.24. The fourth-order valence-corrected chi connectivity index (χ4v) is 2.85. The number of nitrogens with one attached hydrogen (secondary N) is 1. The van der Waals surface area contributed by atoms with E-state index >= 15 is 0 Å². The van der Waals surface area contributed by atoms with Crippen LogP contribution in [0.4, 0.5) is 0 Å². The summed E-state index contributed by atoms with van der Waals surface area (Å²) >= 11 is 0. The van der Waals surface area contributed by atoms with Crippen LogP contribution in [0.5, 0.6) is 0 Å². The van der Waals surface area contributed by atoms with E-state index in [2.05, 4.69) is 26.1 Å². The summed E-state index contributed by atoms with van der Waals surface area (Å²) < 4.78 is 0. The molecule has 0 aliphatic carbocycles. The SMILES string of the molecule is CCCC(CCC(C)C)C1CCNCC1. The van der Waals surface area contributed by atoms with Crippen molar-refractivity contribution in [3.05, 3.63) is 0 Å². The Morgan fingerprint density at radius 1 is 1.07 bits per heavy atom. The van der Waals surface area contributed by atoms with Crippen LogP contribution in [0.1, 0.15) is 59.3 Å². The maximum absolute atomic E-state index is 3.48. The highest BCUT2D eigenvalue weighted by molar-refractivity contribution is 4.76. The second-order valence-corrected chi connectivity index (χ2v) is 5.61. The molecule has 1 aliphatic heterocycles. The summed E-state index contributed by atoms with van der Waals surface area (Å²) in [6, 6.07) is 0. The van der Waals surface area contributed by atoms with E-state index in [-0.39, 0.29) is 0 Å². The van der Waals surface area contributed by atoms with Gasteiger partial charge in [0.15, 0.2) is 0 Å². The third-order valence-electron chi connectivity index (χ3n) is 3.82. The predicted octanol–water partition coefficient (Wildman–Crippen LogP) is 3.84. The van der Waals surface area contributed by atoms with E-state index in [0.717, 1.165) is 17.8 Å². The van der Waals surface area contributed by atoms with Gasteiger partial charge in [0, 0.05) is 0 Å². The highest BCUT2D eigenvalue weighted by atomic mass is 14.9. The average Bonchev–Trinajstić information content (AvgIpc) is 2.25. The molecule has 1 nitrogen and oxygen atoms in total.